The van der Waals surface area contributed by atoms with Gasteiger partial charge in [0, 0.05) is 23.9 Å². The van der Waals surface area contributed by atoms with Gasteiger partial charge in [0.15, 0.2) is 0 Å². The molecule has 106 valence electrons. The second-order valence-electron chi connectivity index (χ2n) is 5.06. The Labute approximate surface area is 122 Å². The number of aromatic amines is 1. The van der Waals surface area contributed by atoms with Gasteiger partial charge in [-0.2, -0.15) is 5.10 Å². The lowest BCUT2D eigenvalue weighted by atomic mass is 10.1. The molecule has 0 spiro atoms. The molecule has 0 saturated carbocycles. The Kier molecular flexibility index (Phi) is 3.48. The normalized spacial score (nSPS) is 10.8. The Bertz CT molecular complexity index is 766. The van der Waals surface area contributed by atoms with E-state index in [1.807, 2.05) is 19.1 Å². The highest BCUT2D eigenvalue weighted by atomic mass is 19.1. The van der Waals surface area contributed by atoms with E-state index in [2.05, 4.69) is 20.2 Å². The van der Waals surface area contributed by atoms with Gasteiger partial charge in [-0.15, -0.1) is 0 Å². The molecule has 0 aliphatic carbocycles. The van der Waals surface area contributed by atoms with Gasteiger partial charge >= 0.3 is 0 Å². The fourth-order valence-corrected chi connectivity index (χ4v) is 2.25. The predicted molar refractivity (Wildman–Crippen MR) is 78.3 cm³/mol. The van der Waals surface area contributed by atoms with Gasteiger partial charge in [-0.3, -0.25) is 5.10 Å². The van der Waals surface area contributed by atoms with Crippen molar-refractivity contribution in [2.75, 3.05) is 0 Å². The average Bonchev–Trinajstić information content (AvgIpc) is 2.96. The summed E-state index contributed by atoms with van der Waals surface area (Å²) < 4.78 is 13.3. The Morgan fingerprint density at radius 2 is 2.00 bits per heavy atom. The lowest BCUT2D eigenvalue weighted by Gasteiger charge is -2.06. The van der Waals surface area contributed by atoms with Gasteiger partial charge in [-0.25, -0.2) is 14.4 Å². The van der Waals surface area contributed by atoms with Crippen LogP contribution in [-0.2, 0) is 6.42 Å². The van der Waals surface area contributed by atoms with Crippen LogP contribution in [0.1, 0.15) is 22.6 Å². The van der Waals surface area contributed by atoms with Gasteiger partial charge < -0.3 is 0 Å². The number of aromatic nitrogens is 4. The zero-order valence-electron chi connectivity index (χ0n) is 11.9. The van der Waals surface area contributed by atoms with E-state index in [1.165, 1.54) is 6.07 Å². The highest BCUT2D eigenvalue weighted by Crippen LogP contribution is 2.18. The Hall–Kier alpha value is -2.56. The summed E-state index contributed by atoms with van der Waals surface area (Å²) in [5.74, 6) is 0.528. The van der Waals surface area contributed by atoms with Crippen molar-refractivity contribution in [1.29, 1.82) is 0 Å². The molecular weight excluding hydrogens is 267 g/mol. The Morgan fingerprint density at radius 1 is 1.14 bits per heavy atom. The monoisotopic (exact) mass is 282 g/mol. The van der Waals surface area contributed by atoms with Gasteiger partial charge in [0.1, 0.15) is 11.6 Å². The first-order valence-electron chi connectivity index (χ1n) is 6.70. The minimum Gasteiger partial charge on any atom is -0.285 e. The molecule has 4 nitrogen and oxygen atoms in total. The minimum absolute atomic E-state index is 0.192. The van der Waals surface area contributed by atoms with Gasteiger partial charge in [0.2, 0.25) is 0 Å². The molecule has 0 aliphatic heterocycles. The van der Waals surface area contributed by atoms with Crippen LogP contribution in [0.25, 0.3) is 11.3 Å². The smallest absolute Gasteiger partial charge is 0.133 e. The average molecular weight is 282 g/mol. The van der Waals surface area contributed by atoms with Crippen molar-refractivity contribution in [3.05, 3.63) is 65.1 Å². The van der Waals surface area contributed by atoms with Crippen LogP contribution < -0.4 is 0 Å². The molecular formula is C16H15FN4. The van der Waals surface area contributed by atoms with E-state index < -0.39 is 0 Å². The van der Waals surface area contributed by atoms with Crippen molar-refractivity contribution >= 4 is 0 Å². The Morgan fingerprint density at radius 3 is 2.71 bits per heavy atom. The fraction of sp³-hybridized carbons (Fsp3) is 0.188. The molecule has 3 aromatic rings. The van der Waals surface area contributed by atoms with Crippen molar-refractivity contribution in [2.24, 2.45) is 0 Å². The fourth-order valence-electron chi connectivity index (χ4n) is 2.25. The first kappa shape index (κ1) is 13.4. The van der Waals surface area contributed by atoms with E-state index in [1.54, 1.807) is 25.4 Å². The van der Waals surface area contributed by atoms with Crippen LogP contribution in [0.2, 0.25) is 0 Å². The quantitative estimate of drug-likeness (QED) is 0.802. The van der Waals surface area contributed by atoms with E-state index in [9.17, 15) is 4.39 Å². The van der Waals surface area contributed by atoms with Crippen molar-refractivity contribution in [3.63, 3.8) is 0 Å². The highest BCUT2D eigenvalue weighted by Gasteiger charge is 2.07. The lowest BCUT2D eigenvalue weighted by molar-refractivity contribution is 0.617. The number of halogens is 1. The third kappa shape index (κ3) is 2.97. The number of hydrogen-bond donors (Lipinski definition) is 1. The molecule has 0 aliphatic rings. The first-order valence-corrected chi connectivity index (χ1v) is 6.70. The summed E-state index contributed by atoms with van der Waals surface area (Å²) in [6.07, 6.45) is 4.11. The van der Waals surface area contributed by atoms with Crippen LogP contribution in [0, 0.1) is 19.7 Å². The number of rotatable bonds is 3. The molecule has 0 radical (unpaired) electrons. The molecule has 1 aromatic carbocycles. The first-order chi connectivity index (χ1) is 10.1. The van der Waals surface area contributed by atoms with Crippen molar-refractivity contribution in [3.8, 4) is 11.3 Å². The van der Waals surface area contributed by atoms with Crippen molar-refractivity contribution < 1.29 is 4.39 Å². The summed E-state index contributed by atoms with van der Waals surface area (Å²) in [4.78, 5) is 9.01. The van der Waals surface area contributed by atoms with E-state index in [0.29, 0.717) is 12.0 Å². The molecule has 3 rings (SSSR count). The summed E-state index contributed by atoms with van der Waals surface area (Å²) in [6.45, 7) is 3.69. The second-order valence-corrected chi connectivity index (χ2v) is 5.06. The van der Waals surface area contributed by atoms with Gasteiger partial charge in [-0.1, -0.05) is 12.1 Å². The van der Waals surface area contributed by atoms with Crippen LogP contribution in [0.5, 0.6) is 0 Å². The third-order valence-electron chi connectivity index (χ3n) is 3.28. The van der Waals surface area contributed by atoms with Gasteiger partial charge in [-0.05, 0) is 37.1 Å². The van der Waals surface area contributed by atoms with E-state index in [-0.39, 0.29) is 5.82 Å². The van der Waals surface area contributed by atoms with Crippen LogP contribution >= 0.6 is 0 Å². The van der Waals surface area contributed by atoms with Gasteiger partial charge in [0.05, 0.1) is 11.9 Å². The van der Waals surface area contributed by atoms with Crippen LogP contribution in [-0.4, -0.2) is 20.2 Å². The maximum absolute atomic E-state index is 13.3. The minimum atomic E-state index is -0.192. The SMILES string of the molecule is Cc1cc(-c2cn[nH]c2)nc(Cc2ccc(F)c(C)c2)n1. The number of hydrogen-bond acceptors (Lipinski definition) is 3. The Balaban J connectivity index is 1.93. The van der Waals surface area contributed by atoms with E-state index in [4.69, 9.17) is 0 Å². The zero-order chi connectivity index (χ0) is 14.8. The molecule has 0 saturated heterocycles. The molecule has 0 fully saturated rings. The van der Waals surface area contributed by atoms with Crippen LogP contribution in [0.4, 0.5) is 4.39 Å². The summed E-state index contributed by atoms with van der Waals surface area (Å²) in [5, 5.41) is 6.71. The third-order valence-corrected chi connectivity index (χ3v) is 3.28. The largest absolute Gasteiger partial charge is 0.285 e. The number of nitrogens with one attached hydrogen (secondary N) is 1. The van der Waals surface area contributed by atoms with Crippen molar-refractivity contribution in [1.82, 2.24) is 20.2 Å². The molecule has 0 bridgehead atoms. The molecule has 2 heterocycles. The van der Waals surface area contributed by atoms with E-state index >= 15 is 0 Å². The predicted octanol–water partition coefficient (Wildman–Crippen LogP) is 3.21. The molecule has 2 aromatic heterocycles. The summed E-state index contributed by atoms with van der Waals surface area (Å²) >= 11 is 0. The lowest BCUT2D eigenvalue weighted by Crippen LogP contribution is -2.00. The standard InChI is InChI=1S/C16H15FN4/c1-10-5-12(3-4-14(10)17)7-16-20-11(2)6-15(21-16)13-8-18-19-9-13/h3-6,8-9H,7H2,1-2H3,(H,18,19). The molecule has 0 unspecified atom stereocenters. The van der Waals surface area contributed by atoms with Crippen molar-refractivity contribution in [2.45, 2.75) is 20.3 Å². The maximum atomic E-state index is 13.3. The molecule has 0 amide bonds. The summed E-state index contributed by atoms with van der Waals surface area (Å²) in [7, 11) is 0. The van der Waals surface area contributed by atoms with Crippen LogP contribution in [0.3, 0.4) is 0 Å². The number of aryl methyl sites for hydroxylation is 2. The summed E-state index contributed by atoms with van der Waals surface area (Å²) in [6, 6.07) is 7.01. The van der Waals surface area contributed by atoms with E-state index in [0.717, 1.165) is 28.3 Å². The van der Waals surface area contributed by atoms with Gasteiger partial charge in [0.25, 0.3) is 0 Å². The zero-order valence-corrected chi connectivity index (χ0v) is 11.9. The highest BCUT2D eigenvalue weighted by molar-refractivity contribution is 5.57. The molecule has 1 N–H and O–H groups in total. The number of H-pyrrole nitrogens is 1. The maximum Gasteiger partial charge on any atom is 0.133 e. The summed E-state index contributed by atoms with van der Waals surface area (Å²) in [5.41, 5.74) is 4.30. The molecule has 5 heteroatoms. The second kappa shape index (κ2) is 5.44. The number of benzene rings is 1. The molecule has 21 heavy (non-hydrogen) atoms. The topological polar surface area (TPSA) is 54.5 Å². The van der Waals surface area contributed by atoms with Crippen LogP contribution in [0.15, 0.2) is 36.7 Å². The molecule has 0 atom stereocenters. The number of nitrogens with zero attached hydrogens (tertiary/aromatic N) is 3.